The second-order valence-electron chi connectivity index (χ2n) is 10.5. The number of carbonyl (C=O) groups is 1. The number of hydrogen-bond acceptors (Lipinski definition) is 19. The number of aromatic carboxylic acids is 1. The first-order valence-electron chi connectivity index (χ1n) is 13.8. The van der Waals surface area contributed by atoms with E-state index < -0.39 is 97.7 Å². The van der Waals surface area contributed by atoms with Gasteiger partial charge in [0.2, 0.25) is 5.95 Å². The van der Waals surface area contributed by atoms with Gasteiger partial charge in [0.15, 0.2) is 41.7 Å². The lowest BCUT2D eigenvalue weighted by molar-refractivity contribution is -0.765. The summed E-state index contributed by atoms with van der Waals surface area (Å²) in [4.78, 5) is 66.9. The number of nitrogens with zero attached hydrogens (tertiary/aromatic N) is 8. The first kappa shape index (κ1) is 38.7. The molecule has 0 bridgehead atoms. The van der Waals surface area contributed by atoms with E-state index >= 15 is 0 Å². The van der Waals surface area contributed by atoms with Gasteiger partial charge in [0.1, 0.15) is 42.4 Å². The largest absolute Gasteiger partial charge is 0.756 e. The van der Waals surface area contributed by atoms with Crippen LogP contribution in [0.2, 0.25) is 0 Å². The number of pyridine rings is 1. The molecule has 0 saturated carbocycles. The van der Waals surface area contributed by atoms with Crippen molar-refractivity contribution in [3.05, 3.63) is 46.9 Å². The molecule has 0 radical (unpaired) electrons. The van der Waals surface area contributed by atoms with Crippen LogP contribution in [-0.2, 0) is 41.1 Å². The van der Waals surface area contributed by atoms with Crippen molar-refractivity contribution in [3.63, 3.8) is 0 Å². The number of azide groups is 1. The summed E-state index contributed by atoms with van der Waals surface area (Å²) in [6, 6.07) is 2.55. The molecular weight excluding hydrogens is 759 g/mol. The van der Waals surface area contributed by atoms with Crippen LogP contribution < -0.4 is 15.2 Å². The smallest absolute Gasteiger partial charge is 0.478 e. The molecular formula is C21H26N9O18P3. The van der Waals surface area contributed by atoms with Gasteiger partial charge in [0, 0.05) is 11.0 Å². The fourth-order valence-electron chi connectivity index (χ4n) is 4.99. The summed E-state index contributed by atoms with van der Waals surface area (Å²) >= 11 is 0. The number of carboxylic acid groups (broad SMARTS) is 1. The lowest BCUT2D eigenvalue weighted by Gasteiger charge is -2.26. The highest BCUT2D eigenvalue weighted by atomic mass is 31.3. The number of fused-ring (bicyclic) bond motifs is 1. The van der Waals surface area contributed by atoms with Gasteiger partial charge < -0.3 is 59.7 Å². The van der Waals surface area contributed by atoms with Gasteiger partial charge in [-0.2, -0.15) is 4.57 Å². The molecule has 5 heterocycles. The lowest BCUT2D eigenvalue weighted by Crippen LogP contribution is -2.46. The van der Waals surface area contributed by atoms with Crippen molar-refractivity contribution >= 4 is 52.4 Å². The number of aliphatic hydroxyl groups excluding tert-OH is 3. The van der Waals surface area contributed by atoms with Crippen molar-refractivity contribution in [1.29, 1.82) is 0 Å². The minimum absolute atomic E-state index is 0.171. The third kappa shape index (κ3) is 8.74. The van der Waals surface area contributed by atoms with Gasteiger partial charge in [-0.25, -0.2) is 33.2 Å². The van der Waals surface area contributed by atoms with Gasteiger partial charge >= 0.3 is 21.6 Å². The molecule has 2 aliphatic heterocycles. The Morgan fingerprint density at radius 3 is 2.45 bits per heavy atom. The SMILES string of the molecule is [N-]=[N+]=Nc1nc2c(N)ncnc2n1[C@@H]1O[C@H](COP(=O)([O-])OP(=O)(O)OC[C@@H]2O[C@H]([n+]3cccc(C(=O)O)c3)[C@@H](O)[C@H]2O)[C@@H](O)[C@H]1OP(=O)(O)O. The molecule has 0 aliphatic carbocycles. The molecule has 2 fully saturated rings. The zero-order valence-corrected chi connectivity index (χ0v) is 27.7. The van der Waals surface area contributed by atoms with E-state index in [1.54, 1.807) is 0 Å². The van der Waals surface area contributed by atoms with E-state index in [0.717, 1.165) is 21.7 Å². The van der Waals surface area contributed by atoms with Crippen molar-refractivity contribution in [2.45, 2.75) is 49.1 Å². The molecule has 5 rings (SSSR count). The van der Waals surface area contributed by atoms with Crippen molar-refractivity contribution < 1.29 is 90.4 Å². The third-order valence-electron chi connectivity index (χ3n) is 7.15. The Kier molecular flexibility index (Phi) is 11.2. The Morgan fingerprint density at radius 2 is 1.78 bits per heavy atom. The lowest BCUT2D eigenvalue weighted by atomic mass is 10.1. The predicted molar refractivity (Wildman–Crippen MR) is 155 cm³/mol. The summed E-state index contributed by atoms with van der Waals surface area (Å²) in [6.45, 7) is -2.29. The fraction of sp³-hybridized carbons (Fsp3) is 0.476. The predicted octanol–water partition coefficient (Wildman–Crippen LogP) is -1.99. The highest BCUT2D eigenvalue weighted by Gasteiger charge is 2.51. The van der Waals surface area contributed by atoms with Crippen LogP contribution in [-0.4, -0.2) is 110 Å². The minimum atomic E-state index is -5.87. The van der Waals surface area contributed by atoms with Crippen LogP contribution in [0.25, 0.3) is 21.6 Å². The van der Waals surface area contributed by atoms with E-state index in [0.29, 0.717) is 0 Å². The number of hydrogen-bond donors (Lipinski definition) is 8. The molecule has 2 unspecified atom stereocenters. The van der Waals surface area contributed by atoms with Crippen LogP contribution in [0.3, 0.4) is 0 Å². The molecule has 0 spiro atoms. The number of carboxylic acids is 1. The minimum Gasteiger partial charge on any atom is -0.756 e. The highest BCUT2D eigenvalue weighted by molar-refractivity contribution is 7.60. The monoisotopic (exact) mass is 785 g/mol. The molecule has 10 atom stereocenters. The maximum Gasteiger partial charge on any atom is 0.478 e. The first-order chi connectivity index (χ1) is 23.8. The van der Waals surface area contributed by atoms with E-state index in [-0.39, 0.29) is 22.5 Å². The Labute approximate surface area is 282 Å². The molecule has 278 valence electrons. The summed E-state index contributed by atoms with van der Waals surface area (Å²) in [7, 11) is -16.9. The summed E-state index contributed by atoms with van der Waals surface area (Å²) < 4.78 is 67.7. The zero-order chi connectivity index (χ0) is 37.5. The van der Waals surface area contributed by atoms with Crippen molar-refractivity contribution in [2.24, 2.45) is 5.11 Å². The quantitative estimate of drug-likeness (QED) is 0.0288. The van der Waals surface area contributed by atoms with Gasteiger partial charge in [0.05, 0.1) is 13.2 Å². The number of aromatic nitrogens is 5. The van der Waals surface area contributed by atoms with Gasteiger partial charge in [0.25, 0.3) is 14.1 Å². The summed E-state index contributed by atoms with van der Waals surface area (Å²) in [6.07, 6.45) is -11.0. The van der Waals surface area contributed by atoms with Crippen molar-refractivity contribution in [1.82, 2.24) is 19.5 Å². The number of ether oxygens (including phenoxy) is 2. The number of aliphatic hydroxyl groups is 3. The third-order valence-corrected chi connectivity index (χ3v) is 10.2. The zero-order valence-electron chi connectivity index (χ0n) is 25.0. The van der Waals surface area contributed by atoms with Crippen LogP contribution in [0.5, 0.6) is 0 Å². The van der Waals surface area contributed by atoms with Gasteiger partial charge in [-0.3, -0.25) is 18.2 Å². The van der Waals surface area contributed by atoms with E-state index in [1.165, 1.54) is 18.3 Å². The number of phosphoric acid groups is 3. The van der Waals surface area contributed by atoms with E-state index in [1.807, 2.05) is 0 Å². The van der Waals surface area contributed by atoms with Crippen LogP contribution in [0, 0.1) is 0 Å². The second kappa shape index (κ2) is 14.8. The number of anilines is 1. The van der Waals surface area contributed by atoms with Crippen LogP contribution >= 0.6 is 23.5 Å². The number of nitrogen functional groups attached to an aromatic ring is 1. The van der Waals surface area contributed by atoms with Gasteiger partial charge in [-0.05, 0) is 16.7 Å². The Hall–Kier alpha value is -3.55. The Bertz CT molecular complexity index is 1990. The van der Waals surface area contributed by atoms with Gasteiger partial charge in [-0.15, -0.1) is 0 Å². The molecule has 3 aromatic heterocycles. The summed E-state index contributed by atoms with van der Waals surface area (Å²) in [5.41, 5.74) is 14.2. The van der Waals surface area contributed by atoms with Crippen LogP contribution in [0.4, 0.5) is 11.8 Å². The molecule has 3 aromatic rings. The summed E-state index contributed by atoms with van der Waals surface area (Å²) in [5.74, 6) is -2.10. The molecule has 27 nitrogen and oxygen atoms in total. The molecule has 2 saturated heterocycles. The standard InChI is InChI=1S/C21H26N9O18P3/c22-16-11-17(25-7-24-16)30(21(26-11)27-28-23)19-15(47-49(36,37)38)13(32)10(46-19)6-44-51(41,42)48-50(39,40)43-5-9-12(31)14(33)18(45-9)29-3-1-2-8(4-29)20(34)35/h1-4,7,9-10,12-15,18-19,31-33H,5-6H2,(H6-,22,24,25,34,35,36,37,38,39,40,41,42)/t9-,10+,12-,13+,14-,15+,18-,19+/m0/s1. The average molecular weight is 785 g/mol. The van der Waals surface area contributed by atoms with E-state index in [2.05, 4.69) is 42.9 Å². The van der Waals surface area contributed by atoms with E-state index in [4.69, 9.17) is 20.7 Å². The molecule has 9 N–H and O–H groups in total. The topological polar surface area (TPSA) is 411 Å². The Balaban J connectivity index is 1.26. The van der Waals surface area contributed by atoms with Crippen molar-refractivity contribution in [2.75, 3.05) is 18.9 Å². The van der Waals surface area contributed by atoms with Crippen LogP contribution in [0.15, 0.2) is 36.0 Å². The number of nitrogens with two attached hydrogens (primary N) is 1. The summed E-state index contributed by atoms with van der Waals surface area (Å²) in [5, 5.41) is 44.1. The molecule has 51 heavy (non-hydrogen) atoms. The number of imidazole rings is 1. The van der Waals surface area contributed by atoms with Crippen LogP contribution in [0.1, 0.15) is 22.8 Å². The highest BCUT2D eigenvalue weighted by Crippen LogP contribution is 2.58. The van der Waals surface area contributed by atoms with Gasteiger partial charge in [-0.1, -0.05) is 0 Å². The maximum atomic E-state index is 12.5. The molecule has 2 aliphatic rings. The van der Waals surface area contributed by atoms with Crippen molar-refractivity contribution in [3.8, 4) is 0 Å². The Morgan fingerprint density at radius 1 is 1.10 bits per heavy atom. The second-order valence-corrected chi connectivity index (χ2v) is 14.7. The normalized spacial score (nSPS) is 29.0. The number of phosphoric ester groups is 3. The molecule has 0 amide bonds. The fourth-order valence-corrected chi connectivity index (χ4v) is 7.59. The van der Waals surface area contributed by atoms with E-state index in [9.17, 15) is 58.5 Å². The molecule has 0 aromatic carbocycles. The average Bonchev–Trinajstić information content (AvgIpc) is 3.65. The maximum absolute atomic E-state index is 12.5. The number of rotatable bonds is 14. The first-order valence-corrected chi connectivity index (χ1v) is 18.3. The molecule has 30 heteroatoms.